The summed E-state index contributed by atoms with van der Waals surface area (Å²) in [6.07, 6.45) is 2.65. The van der Waals surface area contributed by atoms with Gasteiger partial charge in [-0.2, -0.15) is 5.10 Å². The molecule has 0 spiro atoms. The fraction of sp³-hybridized carbons (Fsp3) is 0.360. The van der Waals surface area contributed by atoms with E-state index in [2.05, 4.69) is 15.8 Å². The highest BCUT2D eigenvalue weighted by Gasteiger charge is 2.39. The van der Waals surface area contributed by atoms with Crippen molar-refractivity contribution < 1.29 is 24.6 Å². The molecular weight excluding hydrogens is 422 g/mol. The van der Waals surface area contributed by atoms with Crippen LogP contribution in [0.1, 0.15) is 59.9 Å². The van der Waals surface area contributed by atoms with Gasteiger partial charge in [-0.3, -0.25) is 19.8 Å². The molecule has 0 bridgehead atoms. The van der Waals surface area contributed by atoms with Gasteiger partial charge in [0.2, 0.25) is 5.78 Å². The lowest BCUT2D eigenvalue weighted by atomic mass is 9.77. The van der Waals surface area contributed by atoms with Crippen LogP contribution in [0.15, 0.2) is 41.5 Å². The maximum Gasteiger partial charge on any atom is 0.306 e. The molecule has 1 aliphatic heterocycles. The first-order valence-electron chi connectivity index (χ1n) is 11.1. The number of para-hydroxylation sites is 1. The monoisotopic (exact) mass is 449 g/mol. The Hall–Kier alpha value is -3.68. The number of Topliss-reactive ketones (excluding diaryl/α,β-unsaturated/α-hetero) is 1. The molecule has 8 nitrogen and oxygen atoms in total. The van der Waals surface area contributed by atoms with Gasteiger partial charge in [-0.05, 0) is 67.3 Å². The zero-order chi connectivity index (χ0) is 23.7. The highest BCUT2D eigenvalue weighted by atomic mass is 16.4. The second-order valence-electron chi connectivity index (χ2n) is 8.83. The van der Waals surface area contributed by atoms with E-state index < -0.39 is 29.6 Å². The number of carboxylic acids is 1. The average molecular weight is 450 g/mol. The first-order valence-corrected chi connectivity index (χ1v) is 11.1. The molecule has 4 N–H and O–H groups in total. The number of phenolic OH excluding ortho intramolecular Hbond substituents is 1. The number of anilines is 1. The Balaban J connectivity index is 1.53. The fourth-order valence-electron chi connectivity index (χ4n) is 4.59. The number of rotatable bonds is 5. The lowest BCUT2D eigenvalue weighted by Crippen LogP contribution is -2.22. The Labute approximate surface area is 191 Å². The molecule has 0 aromatic heterocycles. The number of hydrogen-bond acceptors (Lipinski definition) is 6. The average Bonchev–Trinajstić information content (AvgIpc) is 3.08. The van der Waals surface area contributed by atoms with Gasteiger partial charge in [0, 0.05) is 0 Å². The number of nitrogens with zero attached hydrogens (tertiary/aromatic N) is 1. The molecule has 2 aliphatic rings. The second kappa shape index (κ2) is 9.05. The van der Waals surface area contributed by atoms with Gasteiger partial charge < -0.3 is 15.5 Å². The molecule has 4 rings (SSSR count). The minimum atomic E-state index is -0.816. The van der Waals surface area contributed by atoms with Crippen molar-refractivity contribution in [2.45, 2.75) is 51.5 Å². The molecule has 1 saturated heterocycles. The number of nitrogens with one attached hydrogen (secondary N) is 2. The third kappa shape index (κ3) is 4.46. The predicted molar refractivity (Wildman–Crippen MR) is 123 cm³/mol. The van der Waals surface area contributed by atoms with Gasteiger partial charge in [0.05, 0.1) is 11.6 Å². The van der Waals surface area contributed by atoms with Crippen molar-refractivity contribution in [2.24, 2.45) is 11.0 Å². The summed E-state index contributed by atoms with van der Waals surface area (Å²) in [7, 11) is 0. The molecule has 1 aliphatic carbocycles. The van der Waals surface area contributed by atoms with Crippen molar-refractivity contribution >= 4 is 29.1 Å². The summed E-state index contributed by atoms with van der Waals surface area (Å²) in [5, 5.41) is 26.8. The van der Waals surface area contributed by atoms with E-state index in [9.17, 15) is 24.6 Å². The molecule has 33 heavy (non-hydrogen) atoms. The Morgan fingerprint density at radius 2 is 1.91 bits per heavy atom. The summed E-state index contributed by atoms with van der Waals surface area (Å²) in [5.74, 6) is -2.40. The molecule has 3 atom stereocenters. The Kier molecular flexibility index (Phi) is 6.18. The Bertz CT molecular complexity index is 1160. The number of amides is 1. The second-order valence-corrected chi connectivity index (χ2v) is 8.83. The molecule has 1 amide bonds. The number of aromatic hydroxyl groups is 1. The summed E-state index contributed by atoms with van der Waals surface area (Å²) >= 11 is 0. The van der Waals surface area contributed by atoms with E-state index in [0.717, 1.165) is 24.0 Å². The van der Waals surface area contributed by atoms with Crippen LogP contribution in [-0.2, 0) is 14.4 Å². The lowest BCUT2D eigenvalue weighted by Gasteiger charge is -2.27. The molecular formula is C25H27N3O5. The van der Waals surface area contributed by atoms with E-state index in [1.54, 1.807) is 18.2 Å². The largest absolute Gasteiger partial charge is 0.505 e. The van der Waals surface area contributed by atoms with E-state index in [0.29, 0.717) is 24.0 Å². The first kappa shape index (κ1) is 22.5. The standard InChI is InChI=1S/C25H27N3O5/c1-13-9-10-16(11-14(13)2)20-23(30)21(24(31)26-20)28-27-19-8-4-7-18(22(19)29)15-5-3-6-17(12-15)25(32)33/h4,7-11,15,17,20,27,29H,3,5-6,12H2,1-2H3,(H,26,31)(H,32,33). The number of carbonyl (C=O) groups excluding carboxylic acids is 2. The number of benzene rings is 2. The van der Waals surface area contributed by atoms with Gasteiger partial charge in [0.25, 0.3) is 5.91 Å². The third-order valence-corrected chi connectivity index (χ3v) is 6.67. The van der Waals surface area contributed by atoms with Crippen LogP contribution in [-0.4, -0.2) is 33.6 Å². The molecule has 172 valence electrons. The zero-order valence-corrected chi connectivity index (χ0v) is 18.6. The Morgan fingerprint density at radius 1 is 1.12 bits per heavy atom. The number of hydrogen-bond donors (Lipinski definition) is 4. The van der Waals surface area contributed by atoms with E-state index >= 15 is 0 Å². The molecule has 1 saturated carbocycles. The minimum Gasteiger partial charge on any atom is -0.505 e. The molecule has 1 heterocycles. The lowest BCUT2D eigenvalue weighted by molar-refractivity contribution is -0.143. The van der Waals surface area contributed by atoms with E-state index in [4.69, 9.17) is 0 Å². The van der Waals surface area contributed by atoms with Gasteiger partial charge in [-0.25, -0.2) is 0 Å². The van der Waals surface area contributed by atoms with E-state index in [-0.39, 0.29) is 23.1 Å². The van der Waals surface area contributed by atoms with Crippen molar-refractivity contribution in [3.63, 3.8) is 0 Å². The maximum atomic E-state index is 12.9. The van der Waals surface area contributed by atoms with Crippen LogP contribution >= 0.6 is 0 Å². The summed E-state index contributed by atoms with van der Waals surface area (Å²) in [5.41, 5.74) is 6.11. The number of hydrazone groups is 1. The van der Waals surface area contributed by atoms with Crippen LogP contribution in [0.3, 0.4) is 0 Å². The number of ketones is 1. The summed E-state index contributed by atoms with van der Waals surface area (Å²) in [4.78, 5) is 36.7. The zero-order valence-electron chi connectivity index (χ0n) is 18.6. The van der Waals surface area contributed by atoms with E-state index in [1.165, 1.54) is 0 Å². The SMILES string of the molecule is Cc1ccc(C2NC(=O)C(=NNc3cccc(C4CCCC(C(=O)O)C4)c3O)C2=O)cc1C. The molecule has 0 radical (unpaired) electrons. The van der Waals surface area contributed by atoms with Gasteiger partial charge in [0.1, 0.15) is 11.8 Å². The van der Waals surface area contributed by atoms with Crippen molar-refractivity contribution in [2.75, 3.05) is 5.43 Å². The molecule has 2 aromatic carbocycles. The number of carbonyl (C=O) groups is 3. The van der Waals surface area contributed by atoms with Crippen LogP contribution in [0.4, 0.5) is 5.69 Å². The normalized spacial score (nSPS) is 24.1. The highest BCUT2D eigenvalue weighted by molar-refractivity contribution is 6.69. The van der Waals surface area contributed by atoms with E-state index in [1.807, 2.05) is 32.0 Å². The minimum absolute atomic E-state index is 0.0468. The number of carboxylic acid groups (broad SMARTS) is 1. The summed E-state index contributed by atoms with van der Waals surface area (Å²) < 4.78 is 0. The van der Waals surface area contributed by atoms with Crippen molar-refractivity contribution in [3.8, 4) is 5.75 Å². The van der Waals surface area contributed by atoms with Gasteiger partial charge in [-0.15, -0.1) is 0 Å². The number of aryl methyl sites for hydroxylation is 2. The predicted octanol–water partition coefficient (Wildman–Crippen LogP) is 3.58. The van der Waals surface area contributed by atoms with Gasteiger partial charge in [-0.1, -0.05) is 36.8 Å². The maximum absolute atomic E-state index is 12.9. The molecule has 2 aromatic rings. The first-order chi connectivity index (χ1) is 15.8. The van der Waals surface area contributed by atoms with Gasteiger partial charge in [0.15, 0.2) is 5.71 Å². The van der Waals surface area contributed by atoms with Gasteiger partial charge >= 0.3 is 5.97 Å². The topological polar surface area (TPSA) is 128 Å². The summed E-state index contributed by atoms with van der Waals surface area (Å²) in [6.45, 7) is 3.91. The third-order valence-electron chi connectivity index (χ3n) is 6.67. The smallest absolute Gasteiger partial charge is 0.306 e. The van der Waals surface area contributed by atoms with Crippen molar-refractivity contribution in [1.29, 1.82) is 0 Å². The Morgan fingerprint density at radius 3 is 2.64 bits per heavy atom. The van der Waals surface area contributed by atoms with Crippen LogP contribution in [0.5, 0.6) is 5.75 Å². The quantitative estimate of drug-likeness (QED) is 0.408. The molecule has 2 fully saturated rings. The van der Waals surface area contributed by atoms with Crippen molar-refractivity contribution in [3.05, 3.63) is 58.7 Å². The van der Waals surface area contributed by atoms with Crippen LogP contribution in [0.2, 0.25) is 0 Å². The fourth-order valence-corrected chi connectivity index (χ4v) is 4.59. The highest BCUT2D eigenvalue weighted by Crippen LogP contribution is 2.42. The summed E-state index contributed by atoms with van der Waals surface area (Å²) in [6, 6.07) is 9.89. The van der Waals surface area contributed by atoms with Crippen LogP contribution in [0, 0.1) is 19.8 Å². The molecule has 8 heteroatoms. The van der Waals surface area contributed by atoms with Crippen molar-refractivity contribution in [1.82, 2.24) is 5.32 Å². The number of aliphatic carboxylic acids is 1. The van der Waals surface area contributed by atoms with Crippen LogP contribution in [0.25, 0.3) is 0 Å². The van der Waals surface area contributed by atoms with Crippen LogP contribution < -0.4 is 10.7 Å². The number of phenols is 1. The molecule has 3 unspecified atom stereocenters.